The van der Waals surface area contributed by atoms with Crippen molar-refractivity contribution < 1.29 is 18.3 Å². The topological polar surface area (TPSA) is 20.2 Å². The molecule has 0 aliphatic rings. The van der Waals surface area contributed by atoms with Crippen LogP contribution in [-0.4, -0.2) is 11.2 Å². The molecule has 0 fully saturated rings. The zero-order valence-corrected chi connectivity index (χ0v) is 7.67. The summed E-state index contributed by atoms with van der Waals surface area (Å²) in [6, 6.07) is 5.00. The van der Waals surface area contributed by atoms with Gasteiger partial charge in [-0.15, -0.1) is 0 Å². The van der Waals surface area contributed by atoms with Crippen LogP contribution in [-0.2, 0) is 12.6 Å². The molecule has 0 radical (unpaired) electrons. The molecular formula is C10H11F3O. The van der Waals surface area contributed by atoms with Gasteiger partial charge in [-0.05, 0) is 25.0 Å². The zero-order chi connectivity index (χ0) is 10.8. The first-order valence-corrected chi connectivity index (χ1v) is 4.24. The standard InChI is InChI=1S/C10H11F3O/c1-7(14)5-8-3-2-4-9(6-8)10(11,12)13/h2-4,6-7,14H,5H2,1H3/t7-/m0/s1. The van der Waals surface area contributed by atoms with E-state index < -0.39 is 17.8 Å². The largest absolute Gasteiger partial charge is 0.416 e. The minimum absolute atomic E-state index is 0.240. The van der Waals surface area contributed by atoms with Gasteiger partial charge < -0.3 is 5.11 Å². The van der Waals surface area contributed by atoms with Crippen molar-refractivity contribution in [1.82, 2.24) is 0 Å². The molecule has 1 aromatic rings. The Morgan fingerprint density at radius 3 is 2.50 bits per heavy atom. The van der Waals surface area contributed by atoms with Gasteiger partial charge in [-0.3, -0.25) is 0 Å². The van der Waals surface area contributed by atoms with E-state index in [1.807, 2.05) is 0 Å². The van der Waals surface area contributed by atoms with E-state index in [0.29, 0.717) is 5.56 Å². The molecule has 1 rings (SSSR count). The molecule has 0 amide bonds. The van der Waals surface area contributed by atoms with Crippen LogP contribution in [0.25, 0.3) is 0 Å². The number of alkyl halides is 3. The van der Waals surface area contributed by atoms with Crippen LogP contribution in [0.5, 0.6) is 0 Å². The van der Waals surface area contributed by atoms with Crippen molar-refractivity contribution in [2.24, 2.45) is 0 Å². The molecule has 0 heterocycles. The molecule has 0 unspecified atom stereocenters. The molecule has 1 aromatic carbocycles. The van der Waals surface area contributed by atoms with Crippen molar-refractivity contribution in [2.45, 2.75) is 25.6 Å². The molecule has 0 saturated heterocycles. The maximum Gasteiger partial charge on any atom is 0.416 e. The predicted octanol–water partition coefficient (Wildman–Crippen LogP) is 2.63. The smallest absolute Gasteiger partial charge is 0.393 e. The SMILES string of the molecule is C[C@H](O)Cc1cccc(C(F)(F)F)c1. The minimum Gasteiger partial charge on any atom is -0.393 e. The normalized spacial score (nSPS) is 14.1. The van der Waals surface area contributed by atoms with E-state index in [9.17, 15) is 13.2 Å². The number of benzene rings is 1. The Morgan fingerprint density at radius 1 is 1.36 bits per heavy atom. The Labute approximate surface area is 80.2 Å². The number of aliphatic hydroxyl groups is 1. The molecule has 1 nitrogen and oxygen atoms in total. The first kappa shape index (κ1) is 11.0. The summed E-state index contributed by atoms with van der Waals surface area (Å²) in [5.74, 6) is 0. The molecule has 0 saturated carbocycles. The summed E-state index contributed by atoms with van der Waals surface area (Å²) in [4.78, 5) is 0. The second-order valence-corrected chi connectivity index (χ2v) is 3.25. The van der Waals surface area contributed by atoms with Gasteiger partial charge in [0.05, 0.1) is 11.7 Å². The highest BCUT2D eigenvalue weighted by atomic mass is 19.4. The zero-order valence-electron chi connectivity index (χ0n) is 7.67. The van der Waals surface area contributed by atoms with Crippen molar-refractivity contribution in [3.8, 4) is 0 Å². The maximum atomic E-state index is 12.2. The third-order valence-corrected chi connectivity index (χ3v) is 1.79. The van der Waals surface area contributed by atoms with Gasteiger partial charge in [0.2, 0.25) is 0 Å². The maximum absolute atomic E-state index is 12.2. The summed E-state index contributed by atoms with van der Waals surface area (Å²) in [6.07, 6.45) is -4.70. The van der Waals surface area contributed by atoms with Crippen LogP contribution in [0.4, 0.5) is 13.2 Å². The van der Waals surface area contributed by atoms with Gasteiger partial charge in [-0.2, -0.15) is 13.2 Å². The van der Waals surface area contributed by atoms with Crippen LogP contribution >= 0.6 is 0 Å². The molecule has 4 heteroatoms. The van der Waals surface area contributed by atoms with Gasteiger partial charge in [-0.1, -0.05) is 18.2 Å². The van der Waals surface area contributed by atoms with Crippen molar-refractivity contribution in [3.05, 3.63) is 35.4 Å². The number of halogens is 3. The molecule has 0 bridgehead atoms. The second kappa shape index (κ2) is 4.00. The average molecular weight is 204 g/mol. The first-order valence-electron chi connectivity index (χ1n) is 4.24. The molecule has 0 aromatic heterocycles. The Morgan fingerprint density at radius 2 is 2.00 bits per heavy atom. The summed E-state index contributed by atoms with van der Waals surface area (Å²) in [6.45, 7) is 1.54. The molecular weight excluding hydrogens is 193 g/mol. The highest BCUT2D eigenvalue weighted by Gasteiger charge is 2.30. The molecule has 0 aliphatic heterocycles. The summed E-state index contributed by atoms with van der Waals surface area (Å²) in [5.41, 5.74) is -0.175. The summed E-state index contributed by atoms with van der Waals surface area (Å²) in [7, 11) is 0. The van der Waals surface area contributed by atoms with E-state index in [4.69, 9.17) is 5.11 Å². The third-order valence-electron chi connectivity index (χ3n) is 1.79. The van der Waals surface area contributed by atoms with Gasteiger partial charge >= 0.3 is 6.18 Å². The van der Waals surface area contributed by atoms with Gasteiger partial charge in [0.25, 0.3) is 0 Å². The Balaban J connectivity index is 2.90. The monoisotopic (exact) mass is 204 g/mol. The van der Waals surface area contributed by atoms with E-state index in [2.05, 4.69) is 0 Å². The lowest BCUT2D eigenvalue weighted by Crippen LogP contribution is -2.08. The molecule has 0 aliphatic carbocycles. The van der Waals surface area contributed by atoms with Crippen molar-refractivity contribution >= 4 is 0 Å². The Hall–Kier alpha value is -1.03. The molecule has 14 heavy (non-hydrogen) atoms. The van der Waals surface area contributed by atoms with E-state index in [1.54, 1.807) is 13.0 Å². The fraction of sp³-hybridized carbons (Fsp3) is 0.400. The van der Waals surface area contributed by atoms with Crippen LogP contribution in [0.1, 0.15) is 18.1 Å². The Bertz CT molecular complexity index is 304. The van der Waals surface area contributed by atoms with Crippen molar-refractivity contribution in [2.75, 3.05) is 0 Å². The number of aliphatic hydroxyl groups excluding tert-OH is 1. The van der Waals surface area contributed by atoms with E-state index in [-0.39, 0.29) is 6.42 Å². The highest BCUT2D eigenvalue weighted by molar-refractivity contribution is 5.25. The number of hydrogen-bond donors (Lipinski definition) is 1. The van der Waals surface area contributed by atoms with Crippen LogP contribution in [0.15, 0.2) is 24.3 Å². The van der Waals surface area contributed by atoms with Crippen LogP contribution < -0.4 is 0 Å². The fourth-order valence-electron chi connectivity index (χ4n) is 1.22. The lowest BCUT2D eigenvalue weighted by Gasteiger charge is -2.09. The lowest BCUT2D eigenvalue weighted by atomic mass is 10.1. The van der Waals surface area contributed by atoms with E-state index in [1.165, 1.54) is 6.07 Å². The van der Waals surface area contributed by atoms with Gasteiger partial charge in [0.1, 0.15) is 0 Å². The molecule has 0 spiro atoms. The summed E-state index contributed by atoms with van der Waals surface area (Å²) in [5, 5.41) is 9.02. The minimum atomic E-state index is -4.31. The van der Waals surface area contributed by atoms with Crippen LogP contribution in [0.3, 0.4) is 0 Å². The number of hydrogen-bond acceptors (Lipinski definition) is 1. The third kappa shape index (κ3) is 3.03. The summed E-state index contributed by atoms with van der Waals surface area (Å²) < 4.78 is 36.7. The number of rotatable bonds is 2. The highest BCUT2D eigenvalue weighted by Crippen LogP contribution is 2.29. The molecule has 1 atom stereocenters. The van der Waals surface area contributed by atoms with Crippen molar-refractivity contribution in [3.63, 3.8) is 0 Å². The molecule has 78 valence electrons. The van der Waals surface area contributed by atoms with Crippen molar-refractivity contribution in [1.29, 1.82) is 0 Å². The van der Waals surface area contributed by atoms with Crippen LogP contribution in [0, 0.1) is 0 Å². The fourth-order valence-corrected chi connectivity index (χ4v) is 1.22. The predicted molar refractivity (Wildman–Crippen MR) is 46.8 cm³/mol. The van der Waals surface area contributed by atoms with Gasteiger partial charge in [0, 0.05) is 0 Å². The second-order valence-electron chi connectivity index (χ2n) is 3.25. The van der Waals surface area contributed by atoms with Gasteiger partial charge in [0.15, 0.2) is 0 Å². The average Bonchev–Trinajstić information content (AvgIpc) is 2.01. The van der Waals surface area contributed by atoms with E-state index >= 15 is 0 Å². The molecule has 1 N–H and O–H groups in total. The van der Waals surface area contributed by atoms with E-state index in [0.717, 1.165) is 12.1 Å². The quantitative estimate of drug-likeness (QED) is 0.785. The van der Waals surface area contributed by atoms with Gasteiger partial charge in [-0.25, -0.2) is 0 Å². The lowest BCUT2D eigenvalue weighted by molar-refractivity contribution is -0.137. The first-order chi connectivity index (χ1) is 6.39. The summed E-state index contributed by atoms with van der Waals surface area (Å²) >= 11 is 0. The van der Waals surface area contributed by atoms with Crippen LogP contribution in [0.2, 0.25) is 0 Å². The Kier molecular flexibility index (Phi) is 3.16.